The summed E-state index contributed by atoms with van der Waals surface area (Å²) in [5.41, 5.74) is 0.603. The van der Waals surface area contributed by atoms with Crippen LogP contribution in [0.3, 0.4) is 0 Å². The van der Waals surface area contributed by atoms with Gasteiger partial charge in [-0.3, -0.25) is 9.79 Å². The number of carbonyl (C=O) groups is 1. The third-order valence-electron chi connectivity index (χ3n) is 4.76. The number of aliphatic imine (C=N–C) groups is 1. The fraction of sp³-hybridized carbons (Fsp3) is 0.429. The molecular weight excluding hydrogens is 382 g/mol. The molecule has 0 bridgehead atoms. The lowest BCUT2D eigenvalue weighted by atomic mass is 10.2. The van der Waals surface area contributed by atoms with Crippen LogP contribution in [0.2, 0.25) is 0 Å². The number of ether oxygens (including phenoxy) is 1. The number of anilines is 1. The number of hydrogen-bond acceptors (Lipinski definition) is 6. The van der Waals surface area contributed by atoms with Crippen molar-refractivity contribution in [1.82, 2.24) is 25.5 Å². The molecule has 1 aliphatic rings. The molecule has 2 N–H and O–H groups in total. The van der Waals surface area contributed by atoms with Gasteiger partial charge in [0, 0.05) is 57.2 Å². The van der Waals surface area contributed by atoms with Gasteiger partial charge in [-0.25, -0.2) is 9.97 Å². The summed E-state index contributed by atoms with van der Waals surface area (Å²) in [6.07, 6.45) is 3.53. The van der Waals surface area contributed by atoms with Crippen LogP contribution < -0.4 is 20.3 Å². The average Bonchev–Trinajstić information content (AvgIpc) is 2.81. The van der Waals surface area contributed by atoms with Gasteiger partial charge in [0.1, 0.15) is 5.75 Å². The normalized spacial score (nSPS) is 14.4. The lowest BCUT2D eigenvalue weighted by Crippen LogP contribution is -2.53. The molecule has 3 rings (SSSR count). The summed E-state index contributed by atoms with van der Waals surface area (Å²) in [6, 6.07) is 8.87. The van der Waals surface area contributed by atoms with Crippen LogP contribution in [-0.2, 0) is 0 Å². The molecule has 0 atom stereocenters. The first-order valence-corrected chi connectivity index (χ1v) is 10.2. The van der Waals surface area contributed by atoms with E-state index < -0.39 is 0 Å². The van der Waals surface area contributed by atoms with Gasteiger partial charge < -0.3 is 25.2 Å². The van der Waals surface area contributed by atoms with E-state index in [4.69, 9.17) is 4.74 Å². The first-order valence-electron chi connectivity index (χ1n) is 10.2. The van der Waals surface area contributed by atoms with Crippen LogP contribution in [0.15, 0.2) is 47.7 Å². The molecule has 9 nitrogen and oxygen atoms in total. The summed E-state index contributed by atoms with van der Waals surface area (Å²) in [5, 5.41) is 6.25. The van der Waals surface area contributed by atoms with Crippen molar-refractivity contribution < 1.29 is 9.53 Å². The molecule has 0 unspecified atom stereocenters. The first kappa shape index (κ1) is 21.4. The maximum atomic E-state index is 12.2. The van der Waals surface area contributed by atoms with Crippen LogP contribution in [0.1, 0.15) is 17.3 Å². The fourth-order valence-corrected chi connectivity index (χ4v) is 3.17. The Labute approximate surface area is 177 Å². The Hall–Kier alpha value is -3.36. The van der Waals surface area contributed by atoms with E-state index in [1.807, 2.05) is 6.07 Å². The molecule has 1 aromatic carbocycles. The Balaban J connectivity index is 1.48. The highest BCUT2D eigenvalue weighted by atomic mass is 16.5. The van der Waals surface area contributed by atoms with Crippen LogP contribution in [-0.4, -0.2) is 79.7 Å². The van der Waals surface area contributed by atoms with Gasteiger partial charge in [-0.15, -0.1) is 0 Å². The van der Waals surface area contributed by atoms with Crippen LogP contribution in [0.5, 0.6) is 5.75 Å². The van der Waals surface area contributed by atoms with Gasteiger partial charge in [-0.05, 0) is 37.3 Å². The Kier molecular flexibility index (Phi) is 7.82. The highest BCUT2D eigenvalue weighted by Gasteiger charge is 2.21. The molecule has 9 heteroatoms. The number of rotatable bonds is 7. The number of nitrogens with zero attached hydrogens (tertiary/aromatic N) is 5. The standard InChI is InChI=1S/C21H29N7O2/c1-3-22-20(27-13-15-28(16-14-27)21-24-9-4-10-25-21)26-12-11-23-19(29)17-5-7-18(30-2)8-6-17/h4-10H,3,11-16H2,1-2H3,(H,22,26)(H,23,29). The van der Waals surface area contributed by atoms with Gasteiger partial charge in [-0.2, -0.15) is 0 Å². The molecule has 30 heavy (non-hydrogen) atoms. The summed E-state index contributed by atoms with van der Waals surface area (Å²) in [7, 11) is 1.60. The van der Waals surface area contributed by atoms with E-state index in [-0.39, 0.29) is 5.91 Å². The second kappa shape index (κ2) is 11.0. The molecular formula is C21H29N7O2. The largest absolute Gasteiger partial charge is 0.497 e. The zero-order valence-corrected chi connectivity index (χ0v) is 17.5. The number of nitrogens with one attached hydrogen (secondary N) is 2. The molecule has 0 saturated carbocycles. The second-order valence-electron chi connectivity index (χ2n) is 6.74. The molecule has 160 valence electrons. The molecule has 1 amide bonds. The Bertz CT molecular complexity index is 819. The SMILES string of the molecule is CCNC(=NCCNC(=O)c1ccc(OC)cc1)N1CCN(c2ncccn2)CC1. The molecule has 1 fully saturated rings. The molecule has 0 spiro atoms. The summed E-state index contributed by atoms with van der Waals surface area (Å²) >= 11 is 0. The van der Waals surface area contributed by atoms with E-state index in [2.05, 4.69) is 42.3 Å². The predicted octanol–water partition coefficient (Wildman–Crippen LogP) is 1.00. The van der Waals surface area contributed by atoms with Crippen molar-refractivity contribution in [2.45, 2.75) is 6.92 Å². The number of guanidine groups is 1. The average molecular weight is 412 g/mol. The topological polar surface area (TPSA) is 95.0 Å². The molecule has 1 saturated heterocycles. The fourth-order valence-electron chi connectivity index (χ4n) is 3.17. The van der Waals surface area contributed by atoms with E-state index in [1.165, 1.54) is 0 Å². The second-order valence-corrected chi connectivity index (χ2v) is 6.74. The first-order chi connectivity index (χ1) is 14.7. The van der Waals surface area contributed by atoms with E-state index in [0.29, 0.717) is 18.7 Å². The molecule has 2 aromatic rings. The maximum Gasteiger partial charge on any atom is 0.251 e. The quantitative estimate of drug-likeness (QED) is 0.399. The number of benzene rings is 1. The lowest BCUT2D eigenvalue weighted by molar-refractivity contribution is 0.0954. The third kappa shape index (κ3) is 5.82. The van der Waals surface area contributed by atoms with Crippen LogP contribution in [0.25, 0.3) is 0 Å². The van der Waals surface area contributed by atoms with E-state index in [9.17, 15) is 4.79 Å². The van der Waals surface area contributed by atoms with Gasteiger partial charge in [0.15, 0.2) is 5.96 Å². The minimum atomic E-state index is -0.116. The predicted molar refractivity (Wildman–Crippen MR) is 117 cm³/mol. The van der Waals surface area contributed by atoms with E-state index >= 15 is 0 Å². The van der Waals surface area contributed by atoms with E-state index in [1.54, 1.807) is 43.8 Å². The molecule has 0 aliphatic carbocycles. The summed E-state index contributed by atoms with van der Waals surface area (Å²) in [6.45, 7) is 7.16. The lowest BCUT2D eigenvalue weighted by Gasteiger charge is -2.36. The van der Waals surface area contributed by atoms with Gasteiger partial charge in [-0.1, -0.05) is 0 Å². The van der Waals surface area contributed by atoms with Crippen LogP contribution in [0, 0.1) is 0 Å². The minimum absolute atomic E-state index is 0.116. The highest BCUT2D eigenvalue weighted by Crippen LogP contribution is 2.11. The van der Waals surface area contributed by atoms with Gasteiger partial charge in [0.25, 0.3) is 5.91 Å². The smallest absolute Gasteiger partial charge is 0.251 e. The highest BCUT2D eigenvalue weighted by molar-refractivity contribution is 5.94. The van der Waals surface area contributed by atoms with Crippen LogP contribution >= 0.6 is 0 Å². The number of carbonyl (C=O) groups excluding carboxylic acids is 1. The molecule has 1 aromatic heterocycles. The van der Waals surface area contributed by atoms with Gasteiger partial charge in [0.2, 0.25) is 5.95 Å². The van der Waals surface area contributed by atoms with Gasteiger partial charge in [0.05, 0.1) is 13.7 Å². The number of aromatic nitrogens is 2. The minimum Gasteiger partial charge on any atom is -0.497 e. The Morgan fingerprint density at radius 3 is 2.43 bits per heavy atom. The number of amides is 1. The van der Waals surface area contributed by atoms with Crippen molar-refractivity contribution in [2.75, 3.05) is 57.8 Å². The number of methoxy groups -OCH3 is 1. The van der Waals surface area contributed by atoms with Crippen molar-refractivity contribution in [3.05, 3.63) is 48.3 Å². The third-order valence-corrected chi connectivity index (χ3v) is 4.76. The van der Waals surface area contributed by atoms with Crippen LogP contribution in [0.4, 0.5) is 5.95 Å². The summed E-state index contributed by atoms with van der Waals surface area (Å²) in [5.74, 6) is 2.24. The van der Waals surface area contributed by atoms with Crippen molar-refractivity contribution in [2.24, 2.45) is 4.99 Å². The number of piperazine rings is 1. The summed E-state index contributed by atoms with van der Waals surface area (Å²) < 4.78 is 5.12. The molecule has 0 radical (unpaired) electrons. The zero-order chi connectivity index (χ0) is 21.2. The van der Waals surface area contributed by atoms with Crippen molar-refractivity contribution >= 4 is 17.8 Å². The zero-order valence-electron chi connectivity index (χ0n) is 17.5. The van der Waals surface area contributed by atoms with Gasteiger partial charge >= 0.3 is 0 Å². The van der Waals surface area contributed by atoms with Crippen molar-refractivity contribution in [3.8, 4) is 5.75 Å². The molecule has 1 aliphatic heterocycles. The monoisotopic (exact) mass is 411 g/mol. The Morgan fingerprint density at radius 1 is 1.10 bits per heavy atom. The van der Waals surface area contributed by atoms with E-state index in [0.717, 1.165) is 50.4 Å². The summed E-state index contributed by atoms with van der Waals surface area (Å²) in [4.78, 5) is 30.0. The Morgan fingerprint density at radius 2 is 1.80 bits per heavy atom. The molecule has 2 heterocycles. The number of hydrogen-bond donors (Lipinski definition) is 2. The van der Waals surface area contributed by atoms with Crippen molar-refractivity contribution in [1.29, 1.82) is 0 Å². The maximum absolute atomic E-state index is 12.2. The van der Waals surface area contributed by atoms with Crippen molar-refractivity contribution in [3.63, 3.8) is 0 Å².